The second-order valence-electron chi connectivity index (χ2n) is 7.74. The van der Waals surface area contributed by atoms with E-state index >= 15 is 0 Å². The lowest BCUT2D eigenvalue weighted by Crippen LogP contribution is -2.60. The van der Waals surface area contributed by atoms with Gasteiger partial charge in [0, 0.05) is 11.7 Å². The van der Waals surface area contributed by atoms with Gasteiger partial charge in [0.05, 0.1) is 10.3 Å². The van der Waals surface area contributed by atoms with Crippen molar-refractivity contribution in [2.24, 2.45) is 17.8 Å². The molecule has 5 heteroatoms. The molecule has 4 bridgehead atoms. The number of thioether (sulfide) groups is 1. The van der Waals surface area contributed by atoms with Crippen molar-refractivity contribution in [3.8, 4) is 0 Å². The van der Waals surface area contributed by atoms with Gasteiger partial charge in [-0.05, 0) is 75.3 Å². The fourth-order valence-corrected chi connectivity index (χ4v) is 6.36. The number of amides is 1. The Hall–Kier alpha value is -0.740. The zero-order valence-corrected chi connectivity index (χ0v) is 15.0. The van der Waals surface area contributed by atoms with E-state index in [2.05, 4.69) is 10.3 Å². The molecule has 0 spiro atoms. The predicted octanol–water partition coefficient (Wildman–Crippen LogP) is 4.30. The molecule has 1 aromatic heterocycles. The highest BCUT2D eigenvalue weighted by atomic mass is 35.5. The molecule has 1 N–H and O–H groups in total. The number of hydrogen-bond acceptors (Lipinski definition) is 3. The monoisotopic (exact) mass is 350 g/mol. The van der Waals surface area contributed by atoms with Crippen LogP contribution in [0.5, 0.6) is 0 Å². The van der Waals surface area contributed by atoms with Gasteiger partial charge in [0.2, 0.25) is 5.91 Å². The summed E-state index contributed by atoms with van der Waals surface area (Å²) in [5.74, 6) is 2.66. The van der Waals surface area contributed by atoms with Crippen LogP contribution in [0, 0.1) is 17.8 Å². The average Bonchev–Trinajstić information content (AvgIpc) is 2.47. The van der Waals surface area contributed by atoms with Crippen molar-refractivity contribution in [2.45, 2.75) is 61.3 Å². The van der Waals surface area contributed by atoms with E-state index < -0.39 is 0 Å². The van der Waals surface area contributed by atoms with Crippen LogP contribution >= 0.6 is 23.4 Å². The number of halogens is 1. The van der Waals surface area contributed by atoms with Crippen LogP contribution in [0.3, 0.4) is 0 Å². The molecule has 0 saturated heterocycles. The lowest BCUT2D eigenvalue weighted by atomic mass is 9.53. The van der Waals surface area contributed by atoms with E-state index in [4.69, 9.17) is 11.6 Å². The summed E-state index contributed by atoms with van der Waals surface area (Å²) in [5, 5.41) is 4.62. The number of aromatic nitrogens is 1. The van der Waals surface area contributed by atoms with Crippen LogP contribution in [-0.4, -0.2) is 21.7 Å². The number of pyridine rings is 1. The lowest BCUT2D eigenvalue weighted by Gasteiger charge is -2.57. The third-order valence-corrected chi connectivity index (χ3v) is 7.34. The Kier molecular flexibility index (Phi) is 4.09. The molecule has 0 aliphatic heterocycles. The van der Waals surface area contributed by atoms with Crippen molar-refractivity contribution in [1.82, 2.24) is 10.3 Å². The maximum atomic E-state index is 12.7. The number of carbonyl (C=O) groups excluding carboxylic acids is 1. The summed E-state index contributed by atoms with van der Waals surface area (Å²) < 4.78 is 0. The first-order valence-electron chi connectivity index (χ1n) is 8.62. The number of nitrogens with zero attached hydrogens (tertiary/aromatic N) is 1. The molecule has 0 aromatic carbocycles. The Morgan fingerprint density at radius 1 is 1.30 bits per heavy atom. The van der Waals surface area contributed by atoms with E-state index in [1.165, 1.54) is 50.3 Å². The van der Waals surface area contributed by atoms with Crippen molar-refractivity contribution in [3.63, 3.8) is 0 Å². The Morgan fingerprint density at radius 3 is 2.48 bits per heavy atom. The fourth-order valence-electron chi connectivity index (χ4n) is 5.31. The highest BCUT2D eigenvalue weighted by Crippen LogP contribution is 2.55. The molecular formula is C18H23ClN2OS. The topological polar surface area (TPSA) is 42.0 Å². The van der Waals surface area contributed by atoms with Gasteiger partial charge in [0.15, 0.2) is 0 Å². The maximum absolute atomic E-state index is 12.7. The van der Waals surface area contributed by atoms with Crippen LogP contribution in [0.15, 0.2) is 23.4 Å². The molecule has 23 heavy (non-hydrogen) atoms. The minimum absolute atomic E-state index is 0.0779. The van der Waals surface area contributed by atoms with E-state index in [-0.39, 0.29) is 16.7 Å². The number of nitrogens with one attached hydrogen (secondary N) is 1. The number of hydrogen-bond donors (Lipinski definition) is 1. The normalized spacial score (nSPS) is 36.0. The van der Waals surface area contributed by atoms with Crippen molar-refractivity contribution >= 4 is 29.3 Å². The van der Waals surface area contributed by atoms with Gasteiger partial charge in [-0.3, -0.25) is 4.79 Å². The molecule has 5 rings (SSSR count). The number of rotatable bonds is 4. The third kappa shape index (κ3) is 3.12. The van der Waals surface area contributed by atoms with Crippen LogP contribution in [0.2, 0.25) is 5.02 Å². The summed E-state index contributed by atoms with van der Waals surface area (Å²) in [6.45, 7) is 1.95. The van der Waals surface area contributed by atoms with E-state index in [1.807, 2.05) is 19.1 Å². The largest absolute Gasteiger partial charge is 0.350 e. The molecule has 1 heterocycles. The molecule has 4 fully saturated rings. The van der Waals surface area contributed by atoms with Crippen LogP contribution in [0.1, 0.15) is 45.4 Å². The summed E-state index contributed by atoms with van der Waals surface area (Å²) in [7, 11) is 0. The first kappa shape index (κ1) is 15.8. The van der Waals surface area contributed by atoms with Gasteiger partial charge in [-0.1, -0.05) is 23.4 Å². The van der Waals surface area contributed by atoms with E-state index in [0.29, 0.717) is 5.02 Å². The highest BCUT2D eigenvalue weighted by molar-refractivity contribution is 8.00. The molecule has 124 valence electrons. The summed E-state index contributed by atoms with van der Waals surface area (Å²) in [6, 6.07) is 3.63. The molecule has 1 aromatic rings. The lowest BCUT2D eigenvalue weighted by molar-refractivity contribution is -0.126. The smallest absolute Gasteiger partial charge is 0.233 e. The highest BCUT2D eigenvalue weighted by Gasteiger charge is 2.51. The van der Waals surface area contributed by atoms with E-state index in [9.17, 15) is 4.79 Å². The summed E-state index contributed by atoms with van der Waals surface area (Å²) in [6.07, 6.45) is 9.46. The van der Waals surface area contributed by atoms with Crippen LogP contribution in [0.25, 0.3) is 0 Å². The molecule has 1 amide bonds. The summed E-state index contributed by atoms with van der Waals surface area (Å²) >= 11 is 7.61. The first-order chi connectivity index (χ1) is 11.0. The van der Waals surface area contributed by atoms with Gasteiger partial charge < -0.3 is 5.32 Å². The zero-order chi connectivity index (χ0) is 16.0. The second-order valence-corrected chi connectivity index (χ2v) is 9.47. The zero-order valence-electron chi connectivity index (χ0n) is 13.4. The van der Waals surface area contributed by atoms with Gasteiger partial charge >= 0.3 is 0 Å². The van der Waals surface area contributed by atoms with Crippen LogP contribution in [0.4, 0.5) is 0 Å². The maximum Gasteiger partial charge on any atom is 0.233 e. The second kappa shape index (κ2) is 5.96. The van der Waals surface area contributed by atoms with Gasteiger partial charge in [0.1, 0.15) is 5.03 Å². The van der Waals surface area contributed by atoms with Gasteiger partial charge in [-0.25, -0.2) is 4.98 Å². The Bertz CT molecular complexity index is 586. The van der Waals surface area contributed by atoms with Crippen molar-refractivity contribution < 1.29 is 4.79 Å². The average molecular weight is 351 g/mol. The molecule has 1 atom stereocenters. The molecule has 4 aliphatic carbocycles. The Labute approximate surface area is 147 Å². The van der Waals surface area contributed by atoms with Crippen LogP contribution in [-0.2, 0) is 4.79 Å². The standard InChI is InChI=1S/C18H23ClN2OS/c1-11(23-17-15(19)3-2-4-20-17)16(22)21-18-8-12-5-13(9-18)7-14(6-12)10-18/h2-4,11-14H,5-10H2,1H3,(H,21,22)/t11-,12?,13?,14?,18?/m1/s1. The number of carbonyl (C=O) groups is 1. The Morgan fingerprint density at radius 2 is 1.91 bits per heavy atom. The summed E-state index contributed by atoms with van der Waals surface area (Å²) in [5.41, 5.74) is 0.0779. The molecule has 4 aliphatic rings. The van der Waals surface area contributed by atoms with E-state index in [1.54, 1.807) is 6.20 Å². The van der Waals surface area contributed by atoms with Crippen LogP contribution < -0.4 is 5.32 Å². The molecule has 0 unspecified atom stereocenters. The first-order valence-corrected chi connectivity index (χ1v) is 9.88. The Balaban J connectivity index is 1.42. The van der Waals surface area contributed by atoms with Crippen molar-refractivity contribution in [3.05, 3.63) is 23.4 Å². The predicted molar refractivity (Wildman–Crippen MR) is 93.6 cm³/mol. The van der Waals surface area contributed by atoms with Crippen molar-refractivity contribution in [2.75, 3.05) is 0 Å². The quantitative estimate of drug-likeness (QED) is 0.823. The van der Waals surface area contributed by atoms with Gasteiger partial charge in [-0.15, -0.1) is 0 Å². The summed E-state index contributed by atoms with van der Waals surface area (Å²) in [4.78, 5) is 17.0. The van der Waals surface area contributed by atoms with Gasteiger partial charge in [-0.2, -0.15) is 0 Å². The molecule has 4 saturated carbocycles. The van der Waals surface area contributed by atoms with Crippen molar-refractivity contribution in [1.29, 1.82) is 0 Å². The van der Waals surface area contributed by atoms with Gasteiger partial charge in [0.25, 0.3) is 0 Å². The SMILES string of the molecule is C[C@@H](Sc1ncccc1Cl)C(=O)NC12CC3CC(CC(C3)C1)C2. The third-order valence-electron chi connectivity index (χ3n) is 5.81. The molecule has 0 radical (unpaired) electrons. The van der Waals surface area contributed by atoms with E-state index in [0.717, 1.165) is 22.8 Å². The minimum atomic E-state index is -0.171. The molecule has 3 nitrogen and oxygen atoms in total. The molecular weight excluding hydrogens is 328 g/mol. The fraction of sp³-hybridized carbons (Fsp3) is 0.667. The minimum Gasteiger partial charge on any atom is -0.350 e.